The summed E-state index contributed by atoms with van der Waals surface area (Å²) in [6.07, 6.45) is 10.0. The lowest BCUT2D eigenvalue weighted by Gasteiger charge is -2.28. The molecular weight excluding hydrogens is 429 g/mol. The molecule has 2 atom stereocenters. The van der Waals surface area contributed by atoms with Crippen molar-refractivity contribution in [3.05, 3.63) is 83.3 Å². The van der Waals surface area contributed by atoms with Gasteiger partial charge in [0.2, 0.25) is 0 Å². The van der Waals surface area contributed by atoms with Crippen LogP contribution in [0.3, 0.4) is 0 Å². The first-order chi connectivity index (χ1) is 16.0. The third-order valence-electron chi connectivity index (χ3n) is 5.62. The molecule has 2 aromatic carbocycles. The van der Waals surface area contributed by atoms with Crippen LogP contribution in [0.15, 0.2) is 54.7 Å². The number of pyridine rings is 1. The topological polar surface area (TPSA) is 43.4 Å². The number of methoxy groups -OCH3 is 1. The van der Waals surface area contributed by atoms with Crippen LogP contribution in [0, 0.1) is 17.5 Å². The molecule has 33 heavy (non-hydrogen) atoms. The molecule has 172 valence electrons. The van der Waals surface area contributed by atoms with Crippen LogP contribution in [0.4, 0.5) is 13.2 Å². The number of halogens is 3. The number of ether oxygens (including phenoxy) is 2. The Balaban J connectivity index is 1.32. The molecule has 7 heteroatoms. The first-order valence-corrected chi connectivity index (χ1v) is 10.8. The summed E-state index contributed by atoms with van der Waals surface area (Å²) in [6, 6.07) is 8.62. The van der Waals surface area contributed by atoms with E-state index in [1.54, 1.807) is 25.3 Å². The predicted molar refractivity (Wildman–Crippen MR) is 123 cm³/mol. The molecule has 3 aromatic rings. The first-order valence-electron chi connectivity index (χ1n) is 10.8. The molecule has 1 saturated heterocycles. The average Bonchev–Trinajstić information content (AvgIpc) is 2.83. The molecule has 1 aliphatic rings. The highest BCUT2D eigenvalue weighted by atomic mass is 19.1. The quantitative estimate of drug-likeness (QED) is 0.510. The normalized spacial score (nSPS) is 19.0. The molecule has 0 spiro atoms. The number of nitrogens with one attached hydrogen (secondary N) is 1. The zero-order valence-corrected chi connectivity index (χ0v) is 18.2. The largest absolute Gasteiger partial charge is 0.496 e. The molecule has 0 amide bonds. The minimum absolute atomic E-state index is 0.0681. The number of fused-ring (bicyclic) bond motifs is 1. The van der Waals surface area contributed by atoms with E-state index < -0.39 is 17.5 Å². The Labute approximate surface area is 190 Å². The van der Waals surface area contributed by atoms with Crippen LogP contribution in [0.25, 0.3) is 23.1 Å². The van der Waals surface area contributed by atoms with Crippen molar-refractivity contribution in [1.29, 1.82) is 0 Å². The second-order valence-electron chi connectivity index (χ2n) is 7.88. The van der Waals surface area contributed by atoms with Crippen molar-refractivity contribution in [3.63, 3.8) is 0 Å². The molecule has 0 bridgehead atoms. The summed E-state index contributed by atoms with van der Waals surface area (Å²) in [4.78, 5) is 4.14. The fourth-order valence-corrected chi connectivity index (χ4v) is 3.88. The molecule has 1 N–H and O–H groups in total. The number of rotatable bonds is 7. The second-order valence-corrected chi connectivity index (χ2v) is 7.88. The van der Waals surface area contributed by atoms with Crippen LogP contribution in [0.1, 0.15) is 24.0 Å². The van der Waals surface area contributed by atoms with E-state index in [-0.39, 0.29) is 17.7 Å². The van der Waals surface area contributed by atoms with E-state index in [1.165, 1.54) is 18.3 Å². The van der Waals surface area contributed by atoms with Gasteiger partial charge >= 0.3 is 0 Å². The first kappa shape index (κ1) is 23.0. The minimum atomic E-state index is -0.466. The van der Waals surface area contributed by atoms with E-state index >= 15 is 0 Å². The summed E-state index contributed by atoms with van der Waals surface area (Å²) in [7, 11) is 1.58. The van der Waals surface area contributed by atoms with Crippen LogP contribution in [-0.2, 0) is 4.74 Å². The molecule has 1 aromatic heterocycles. The van der Waals surface area contributed by atoms with Crippen molar-refractivity contribution in [2.75, 3.05) is 20.3 Å². The molecule has 1 fully saturated rings. The fourth-order valence-electron chi connectivity index (χ4n) is 3.88. The predicted octanol–water partition coefficient (Wildman–Crippen LogP) is 5.52. The van der Waals surface area contributed by atoms with Crippen LogP contribution >= 0.6 is 0 Å². The Morgan fingerprint density at radius 1 is 1.09 bits per heavy atom. The van der Waals surface area contributed by atoms with Gasteiger partial charge in [-0.3, -0.25) is 4.98 Å². The molecule has 0 unspecified atom stereocenters. The lowest BCUT2D eigenvalue weighted by Crippen LogP contribution is -2.39. The Hall–Kier alpha value is -3.16. The summed E-state index contributed by atoms with van der Waals surface area (Å²) in [5.41, 5.74) is 1.68. The van der Waals surface area contributed by atoms with Gasteiger partial charge in [-0.15, -0.1) is 0 Å². The van der Waals surface area contributed by atoms with E-state index in [9.17, 15) is 13.2 Å². The molecule has 1 aliphatic heterocycles. The van der Waals surface area contributed by atoms with Gasteiger partial charge in [0.15, 0.2) is 0 Å². The van der Waals surface area contributed by atoms with E-state index in [0.29, 0.717) is 29.8 Å². The van der Waals surface area contributed by atoms with Crippen molar-refractivity contribution in [2.24, 2.45) is 0 Å². The van der Waals surface area contributed by atoms with E-state index in [0.717, 1.165) is 30.5 Å². The highest BCUT2D eigenvalue weighted by Crippen LogP contribution is 2.29. The number of hydrogen-bond acceptors (Lipinski definition) is 4. The second kappa shape index (κ2) is 10.6. The fraction of sp³-hybridized carbons (Fsp3) is 0.269. The average molecular weight is 454 g/mol. The SMILES string of the molecule is COc1ccc2ncc(F)cc2c1/C=C/[C@@H]1CC[C@@H](NC/C=C/c2cc(F)ccc2F)CO1. The van der Waals surface area contributed by atoms with Crippen molar-refractivity contribution in [3.8, 4) is 5.75 Å². The third kappa shape index (κ3) is 5.80. The van der Waals surface area contributed by atoms with Crippen molar-refractivity contribution < 1.29 is 22.6 Å². The molecule has 4 rings (SSSR count). The number of benzene rings is 2. The van der Waals surface area contributed by atoms with Crippen molar-refractivity contribution in [2.45, 2.75) is 25.0 Å². The van der Waals surface area contributed by atoms with Gasteiger partial charge in [-0.2, -0.15) is 0 Å². The van der Waals surface area contributed by atoms with Gasteiger partial charge in [-0.25, -0.2) is 13.2 Å². The van der Waals surface area contributed by atoms with Gasteiger partial charge in [-0.05, 0) is 49.2 Å². The lowest BCUT2D eigenvalue weighted by atomic mass is 10.0. The number of nitrogens with zero attached hydrogens (tertiary/aromatic N) is 1. The summed E-state index contributed by atoms with van der Waals surface area (Å²) in [6.45, 7) is 1.05. The van der Waals surface area contributed by atoms with Crippen molar-refractivity contribution in [1.82, 2.24) is 10.3 Å². The lowest BCUT2D eigenvalue weighted by molar-refractivity contribution is 0.0265. The summed E-state index contributed by atoms with van der Waals surface area (Å²) >= 11 is 0. The van der Waals surface area contributed by atoms with Crippen molar-refractivity contribution >= 4 is 23.1 Å². The molecular formula is C26H25F3N2O2. The highest BCUT2D eigenvalue weighted by molar-refractivity contribution is 5.90. The Morgan fingerprint density at radius 2 is 1.97 bits per heavy atom. The maximum Gasteiger partial charge on any atom is 0.142 e. The van der Waals surface area contributed by atoms with Crippen LogP contribution in [-0.4, -0.2) is 37.4 Å². The molecule has 4 nitrogen and oxygen atoms in total. The minimum Gasteiger partial charge on any atom is -0.496 e. The van der Waals surface area contributed by atoms with Gasteiger partial charge < -0.3 is 14.8 Å². The van der Waals surface area contributed by atoms with Crippen LogP contribution < -0.4 is 10.1 Å². The van der Waals surface area contributed by atoms with Gasteiger partial charge in [0, 0.05) is 29.1 Å². The number of hydrogen-bond donors (Lipinski definition) is 1. The smallest absolute Gasteiger partial charge is 0.142 e. The molecule has 2 heterocycles. The zero-order valence-electron chi connectivity index (χ0n) is 18.2. The Bertz CT molecular complexity index is 1170. The molecule has 0 radical (unpaired) electrons. The molecule has 0 saturated carbocycles. The van der Waals surface area contributed by atoms with E-state index in [4.69, 9.17) is 9.47 Å². The Kier molecular flexibility index (Phi) is 7.42. The zero-order chi connectivity index (χ0) is 23.2. The van der Waals surface area contributed by atoms with Gasteiger partial charge in [0.25, 0.3) is 0 Å². The van der Waals surface area contributed by atoms with E-state index in [2.05, 4.69) is 10.3 Å². The monoisotopic (exact) mass is 454 g/mol. The maximum absolute atomic E-state index is 13.8. The summed E-state index contributed by atoms with van der Waals surface area (Å²) in [5, 5.41) is 4.03. The van der Waals surface area contributed by atoms with Crippen LogP contribution in [0.2, 0.25) is 0 Å². The number of aromatic nitrogens is 1. The van der Waals surface area contributed by atoms with Gasteiger partial charge in [-0.1, -0.05) is 24.3 Å². The summed E-state index contributed by atoms with van der Waals surface area (Å²) in [5.74, 6) is -0.679. The maximum atomic E-state index is 13.8. The van der Waals surface area contributed by atoms with Crippen LogP contribution in [0.5, 0.6) is 5.75 Å². The summed E-state index contributed by atoms with van der Waals surface area (Å²) < 4.78 is 52.0. The van der Waals surface area contributed by atoms with Gasteiger partial charge in [0.1, 0.15) is 23.2 Å². The standard InChI is InChI=1S/C26H25F3N2O2/c1-32-26-11-10-25-23(14-19(28)15-31-25)22(26)8-7-21-6-5-20(16-33-21)30-12-2-3-17-13-18(27)4-9-24(17)29/h2-4,7-11,13-15,20-21,30H,5-6,12,16H2,1H3/b3-2+,8-7+/t20-,21+/m1/s1. The Morgan fingerprint density at radius 3 is 2.76 bits per heavy atom. The highest BCUT2D eigenvalue weighted by Gasteiger charge is 2.19. The molecule has 0 aliphatic carbocycles. The third-order valence-corrected chi connectivity index (χ3v) is 5.62. The van der Waals surface area contributed by atoms with Gasteiger partial charge in [0.05, 0.1) is 31.5 Å². The van der Waals surface area contributed by atoms with E-state index in [1.807, 2.05) is 18.2 Å².